The maximum absolute atomic E-state index is 12.2. The second kappa shape index (κ2) is 5.44. The van der Waals surface area contributed by atoms with E-state index in [-0.39, 0.29) is 5.91 Å². The van der Waals surface area contributed by atoms with E-state index in [9.17, 15) is 4.79 Å². The second-order valence-electron chi connectivity index (χ2n) is 6.79. The lowest BCUT2D eigenvalue weighted by Gasteiger charge is -2.26. The summed E-state index contributed by atoms with van der Waals surface area (Å²) in [6, 6.07) is 0.755. The van der Waals surface area contributed by atoms with Crippen LogP contribution in [-0.2, 0) is 17.8 Å². The summed E-state index contributed by atoms with van der Waals surface area (Å²) in [7, 11) is 0. The summed E-state index contributed by atoms with van der Waals surface area (Å²) in [5, 5.41) is 3.05. The molecule has 2 atom stereocenters. The number of likely N-dealkylation sites (tertiary alicyclic amines) is 1. The van der Waals surface area contributed by atoms with Crippen LogP contribution in [0, 0.1) is 5.92 Å². The van der Waals surface area contributed by atoms with Gasteiger partial charge in [-0.2, -0.15) is 0 Å². The van der Waals surface area contributed by atoms with Crippen LogP contribution in [0.15, 0.2) is 6.20 Å². The average Bonchev–Trinajstić information content (AvgIpc) is 3.21. The highest BCUT2D eigenvalue weighted by Gasteiger charge is 2.37. The average molecular weight is 288 g/mol. The first-order valence-corrected chi connectivity index (χ1v) is 8.38. The summed E-state index contributed by atoms with van der Waals surface area (Å²) in [6.07, 6.45) is 9.94. The summed E-state index contributed by atoms with van der Waals surface area (Å²) in [5.41, 5.74) is 0. The third kappa shape index (κ3) is 2.59. The van der Waals surface area contributed by atoms with Gasteiger partial charge >= 0.3 is 0 Å². The Morgan fingerprint density at radius 1 is 1.38 bits per heavy atom. The van der Waals surface area contributed by atoms with Crippen molar-refractivity contribution < 1.29 is 4.79 Å². The number of carbonyl (C=O) groups excluding carboxylic acids is 1. The van der Waals surface area contributed by atoms with E-state index >= 15 is 0 Å². The van der Waals surface area contributed by atoms with Gasteiger partial charge in [0, 0.05) is 38.5 Å². The van der Waals surface area contributed by atoms with Gasteiger partial charge in [0.05, 0.1) is 6.20 Å². The number of aryl methyl sites for hydroxylation is 1. The van der Waals surface area contributed by atoms with Gasteiger partial charge in [-0.05, 0) is 38.0 Å². The van der Waals surface area contributed by atoms with Crippen LogP contribution in [-0.4, -0.2) is 39.5 Å². The molecule has 4 rings (SSSR count). The molecular weight excluding hydrogens is 264 g/mol. The molecule has 1 saturated carbocycles. The first kappa shape index (κ1) is 13.3. The van der Waals surface area contributed by atoms with Crippen LogP contribution in [0.25, 0.3) is 0 Å². The van der Waals surface area contributed by atoms with Gasteiger partial charge in [-0.1, -0.05) is 0 Å². The lowest BCUT2D eigenvalue weighted by molar-refractivity contribution is -0.116. The number of anilines is 1. The standard InChI is InChI=1S/C16H24N4O/c21-16(6-8-19-11-12-4-5-13(19)9-12)18-15-10-17-14-3-1-2-7-20(14)15/h10,12-13H,1-9,11H2,(H,18,21)/t12-,13+/m0/s1. The van der Waals surface area contributed by atoms with Crippen LogP contribution in [0.5, 0.6) is 0 Å². The highest BCUT2D eigenvalue weighted by Crippen LogP contribution is 2.37. The zero-order valence-electron chi connectivity index (χ0n) is 12.6. The van der Waals surface area contributed by atoms with Gasteiger partial charge in [-0.15, -0.1) is 0 Å². The number of aromatic nitrogens is 2. The highest BCUT2D eigenvalue weighted by atomic mass is 16.1. The Kier molecular flexibility index (Phi) is 3.45. The fourth-order valence-corrected chi connectivity index (χ4v) is 4.27. The Balaban J connectivity index is 1.31. The molecule has 1 amide bonds. The first-order chi connectivity index (χ1) is 10.3. The third-order valence-corrected chi connectivity index (χ3v) is 5.39. The molecule has 1 aliphatic carbocycles. The summed E-state index contributed by atoms with van der Waals surface area (Å²) < 4.78 is 2.17. The van der Waals surface area contributed by atoms with Gasteiger partial charge in [0.1, 0.15) is 11.6 Å². The van der Waals surface area contributed by atoms with Gasteiger partial charge in [0.25, 0.3) is 0 Å². The highest BCUT2D eigenvalue weighted by molar-refractivity contribution is 5.89. The third-order valence-electron chi connectivity index (χ3n) is 5.39. The predicted molar refractivity (Wildman–Crippen MR) is 81.1 cm³/mol. The molecule has 0 spiro atoms. The fourth-order valence-electron chi connectivity index (χ4n) is 4.27. The Morgan fingerprint density at radius 2 is 2.33 bits per heavy atom. The van der Waals surface area contributed by atoms with Crippen molar-refractivity contribution in [3.8, 4) is 0 Å². The molecular formula is C16H24N4O. The molecule has 1 aromatic heterocycles. The number of piperidine rings is 1. The monoisotopic (exact) mass is 288 g/mol. The first-order valence-electron chi connectivity index (χ1n) is 8.38. The van der Waals surface area contributed by atoms with E-state index in [0.717, 1.165) is 43.1 Å². The lowest BCUT2D eigenvalue weighted by atomic mass is 10.1. The van der Waals surface area contributed by atoms with Crippen LogP contribution in [0.1, 0.15) is 44.3 Å². The molecule has 2 bridgehead atoms. The topological polar surface area (TPSA) is 50.2 Å². The molecule has 1 aromatic rings. The molecule has 0 radical (unpaired) electrons. The minimum Gasteiger partial charge on any atom is -0.315 e. The number of carbonyl (C=O) groups is 1. The van der Waals surface area contributed by atoms with E-state index in [1.807, 2.05) is 6.20 Å². The zero-order chi connectivity index (χ0) is 14.2. The Bertz CT molecular complexity index is 538. The smallest absolute Gasteiger partial charge is 0.226 e. The molecule has 1 N–H and O–H groups in total. The molecule has 2 aliphatic heterocycles. The number of rotatable bonds is 4. The Morgan fingerprint density at radius 3 is 3.14 bits per heavy atom. The van der Waals surface area contributed by atoms with Gasteiger partial charge in [0.15, 0.2) is 0 Å². The summed E-state index contributed by atoms with van der Waals surface area (Å²) in [6.45, 7) is 3.11. The van der Waals surface area contributed by atoms with Gasteiger partial charge in [-0.25, -0.2) is 4.98 Å². The fraction of sp³-hybridized carbons (Fsp3) is 0.750. The van der Waals surface area contributed by atoms with Crippen LogP contribution < -0.4 is 5.32 Å². The van der Waals surface area contributed by atoms with Crippen molar-refractivity contribution in [3.05, 3.63) is 12.0 Å². The van der Waals surface area contributed by atoms with Crippen LogP contribution >= 0.6 is 0 Å². The zero-order valence-corrected chi connectivity index (χ0v) is 12.6. The van der Waals surface area contributed by atoms with Crippen molar-refractivity contribution in [2.75, 3.05) is 18.4 Å². The SMILES string of the molecule is O=C(CCN1C[C@H]2CC[C@@H]1C2)Nc1cnc2n1CCCC2. The van der Waals surface area contributed by atoms with Crippen molar-refractivity contribution in [2.45, 2.75) is 57.5 Å². The van der Waals surface area contributed by atoms with Crippen LogP contribution in [0.4, 0.5) is 5.82 Å². The van der Waals surface area contributed by atoms with E-state index in [1.54, 1.807) is 0 Å². The number of nitrogens with one attached hydrogen (secondary N) is 1. The van der Waals surface area contributed by atoms with E-state index < -0.39 is 0 Å². The molecule has 0 aromatic carbocycles. The molecule has 3 heterocycles. The largest absolute Gasteiger partial charge is 0.315 e. The number of fused-ring (bicyclic) bond motifs is 3. The van der Waals surface area contributed by atoms with Crippen molar-refractivity contribution in [1.82, 2.24) is 14.5 Å². The molecule has 3 aliphatic rings. The minimum absolute atomic E-state index is 0.131. The van der Waals surface area contributed by atoms with Crippen molar-refractivity contribution in [2.24, 2.45) is 5.92 Å². The van der Waals surface area contributed by atoms with Crippen LogP contribution in [0.2, 0.25) is 0 Å². The summed E-state index contributed by atoms with van der Waals surface area (Å²) in [4.78, 5) is 19.1. The van der Waals surface area contributed by atoms with E-state index in [1.165, 1.54) is 38.6 Å². The normalized spacial score (nSPS) is 27.8. The molecule has 114 valence electrons. The van der Waals surface area contributed by atoms with Gasteiger partial charge in [-0.3, -0.25) is 9.69 Å². The van der Waals surface area contributed by atoms with Crippen molar-refractivity contribution >= 4 is 11.7 Å². The Labute approximate surface area is 125 Å². The maximum Gasteiger partial charge on any atom is 0.226 e. The minimum atomic E-state index is 0.131. The number of hydrogen-bond acceptors (Lipinski definition) is 3. The van der Waals surface area contributed by atoms with Gasteiger partial charge in [0.2, 0.25) is 5.91 Å². The number of amides is 1. The number of hydrogen-bond donors (Lipinski definition) is 1. The maximum atomic E-state index is 12.2. The second-order valence-corrected chi connectivity index (χ2v) is 6.79. The molecule has 5 nitrogen and oxygen atoms in total. The van der Waals surface area contributed by atoms with E-state index in [2.05, 4.69) is 19.8 Å². The summed E-state index contributed by atoms with van der Waals surface area (Å²) in [5.74, 6) is 3.04. The quantitative estimate of drug-likeness (QED) is 0.922. The van der Waals surface area contributed by atoms with Crippen molar-refractivity contribution in [3.63, 3.8) is 0 Å². The van der Waals surface area contributed by atoms with Crippen molar-refractivity contribution in [1.29, 1.82) is 0 Å². The lowest BCUT2D eigenvalue weighted by Crippen LogP contribution is -2.34. The number of imidazole rings is 1. The Hall–Kier alpha value is -1.36. The molecule has 2 fully saturated rings. The molecule has 5 heteroatoms. The number of nitrogens with zero attached hydrogens (tertiary/aromatic N) is 3. The molecule has 0 unspecified atom stereocenters. The van der Waals surface area contributed by atoms with E-state index in [0.29, 0.717) is 6.42 Å². The molecule has 1 saturated heterocycles. The summed E-state index contributed by atoms with van der Waals surface area (Å²) >= 11 is 0. The predicted octanol–water partition coefficient (Wildman–Crippen LogP) is 2.03. The van der Waals surface area contributed by atoms with E-state index in [4.69, 9.17) is 0 Å². The molecule has 21 heavy (non-hydrogen) atoms. The van der Waals surface area contributed by atoms with Crippen LogP contribution in [0.3, 0.4) is 0 Å². The van der Waals surface area contributed by atoms with Gasteiger partial charge < -0.3 is 9.88 Å².